The van der Waals surface area contributed by atoms with Crippen molar-refractivity contribution in [1.82, 2.24) is 29.1 Å². The summed E-state index contributed by atoms with van der Waals surface area (Å²) in [6.45, 7) is 8.83. The molecular weight excluding hydrogens is 750 g/mol. The van der Waals surface area contributed by atoms with Crippen molar-refractivity contribution in [2.24, 2.45) is 5.73 Å². The lowest BCUT2D eigenvalue weighted by Gasteiger charge is -2.13. The summed E-state index contributed by atoms with van der Waals surface area (Å²) in [5.41, 5.74) is 9.27. The van der Waals surface area contributed by atoms with Gasteiger partial charge in [0.25, 0.3) is 11.8 Å². The second-order valence-corrected chi connectivity index (χ2v) is 13.4. The van der Waals surface area contributed by atoms with E-state index in [0.29, 0.717) is 75.8 Å². The zero-order valence-corrected chi connectivity index (χ0v) is 33.1. The number of benzene rings is 2. The zero-order valence-electron chi connectivity index (χ0n) is 33.1. The number of ether oxygens (including phenoxy) is 2. The number of nitrogens with two attached hydrogens (primary N) is 1. The predicted molar refractivity (Wildman–Crippen MR) is 212 cm³/mol. The highest BCUT2D eigenvalue weighted by molar-refractivity contribution is 6.05. The summed E-state index contributed by atoms with van der Waals surface area (Å²) >= 11 is 0. The van der Waals surface area contributed by atoms with Crippen LogP contribution in [0.2, 0.25) is 0 Å². The number of oxazole rings is 2. The number of methoxy groups -OCH3 is 1. The normalized spacial score (nSPS) is 11.5. The van der Waals surface area contributed by atoms with Gasteiger partial charge in [-0.15, -0.1) is 0 Å². The van der Waals surface area contributed by atoms with Gasteiger partial charge in [-0.25, -0.2) is 19.9 Å². The van der Waals surface area contributed by atoms with Crippen molar-refractivity contribution in [2.45, 2.75) is 73.4 Å². The van der Waals surface area contributed by atoms with Crippen LogP contribution >= 0.6 is 0 Å². The Balaban J connectivity index is 1.41. The Hall–Kier alpha value is -6.82. The largest absolute Gasteiger partial charge is 0.494 e. The number of primary amides is 1. The van der Waals surface area contributed by atoms with E-state index in [1.165, 1.54) is 26.2 Å². The molecule has 0 aliphatic heterocycles. The highest BCUT2D eigenvalue weighted by atomic mass is 16.5. The van der Waals surface area contributed by atoms with Crippen LogP contribution in [-0.4, -0.2) is 78.0 Å². The standard InChI is InChI=1S/C40H45N9O9/c1-7-26-34(57-22(4)42-26)37(53)46-39-44-28-17-24(16-21(3)51)18-30(55-6)32(28)48(39)12-9-10-13-49-33-29(19-25(36(41)52)20-31(33)56-15-11-14-50)45-40(49)47-38(54)35-27(8-2)43-23(5)58-35/h9-10,17-20,50H,7-8,11-16H2,1-6H3,(H2,41,52)(H,44,46,53)(H,45,47,54)/b10-9+. The molecule has 304 valence electrons. The molecule has 6 aromatic rings. The fourth-order valence-electron chi connectivity index (χ4n) is 6.56. The molecule has 0 fully saturated rings. The number of ketones is 1. The summed E-state index contributed by atoms with van der Waals surface area (Å²) in [5, 5.41) is 15.1. The second kappa shape index (κ2) is 17.5. The lowest BCUT2D eigenvalue weighted by atomic mass is 10.1. The number of carbonyl (C=O) groups excluding carboxylic acids is 4. The predicted octanol–water partition coefficient (Wildman–Crippen LogP) is 4.86. The van der Waals surface area contributed by atoms with Gasteiger partial charge in [0.05, 0.1) is 36.1 Å². The number of aliphatic hydroxyl groups excluding tert-OH is 1. The highest BCUT2D eigenvalue weighted by Gasteiger charge is 2.25. The Morgan fingerprint density at radius 3 is 1.83 bits per heavy atom. The fourth-order valence-corrected chi connectivity index (χ4v) is 6.56. The fraction of sp³-hybridized carbons (Fsp3) is 0.350. The van der Waals surface area contributed by atoms with Gasteiger partial charge in [0.2, 0.25) is 29.3 Å². The number of allylic oxidation sites excluding steroid dienone is 2. The summed E-state index contributed by atoms with van der Waals surface area (Å²) in [4.78, 5) is 69.6. The third-order valence-electron chi connectivity index (χ3n) is 9.07. The number of carbonyl (C=O) groups is 4. The van der Waals surface area contributed by atoms with Gasteiger partial charge in [-0.3, -0.25) is 29.8 Å². The summed E-state index contributed by atoms with van der Waals surface area (Å²) in [7, 11) is 1.51. The lowest BCUT2D eigenvalue weighted by Crippen LogP contribution is -2.17. The van der Waals surface area contributed by atoms with E-state index in [0.717, 1.165) is 0 Å². The number of hydrogen-bond donors (Lipinski definition) is 4. The molecule has 0 saturated heterocycles. The van der Waals surface area contributed by atoms with Gasteiger partial charge in [0.15, 0.2) is 11.8 Å². The molecule has 0 aliphatic rings. The van der Waals surface area contributed by atoms with Crippen molar-refractivity contribution in [2.75, 3.05) is 31.0 Å². The average molecular weight is 796 g/mol. The number of aromatic nitrogens is 6. The molecular formula is C40H45N9O9. The lowest BCUT2D eigenvalue weighted by molar-refractivity contribution is -0.116. The summed E-state index contributed by atoms with van der Waals surface area (Å²) in [6, 6.07) is 6.53. The van der Waals surface area contributed by atoms with Crippen LogP contribution < -0.4 is 25.8 Å². The van der Waals surface area contributed by atoms with E-state index >= 15 is 0 Å². The molecule has 58 heavy (non-hydrogen) atoms. The van der Waals surface area contributed by atoms with Gasteiger partial charge in [0.1, 0.15) is 28.3 Å². The molecule has 4 aromatic heterocycles. The van der Waals surface area contributed by atoms with Crippen LogP contribution in [0.25, 0.3) is 22.1 Å². The molecule has 0 radical (unpaired) electrons. The summed E-state index contributed by atoms with van der Waals surface area (Å²) < 4.78 is 26.5. The number of hydrogen-bond acceptors (Lipinski definition) is 13. The number of aliphatic hydroxyl groups is 1. The van der Waals surface area contributed by atoms with Crippen molar-refractivity contribution in [3.63, 3.8) is 0 Å². The van der Waals surface area contributed by atoms with Gasteiger partial charge in [-0.2, -0.15) is 0 Å². The minimum absolute atomic E-state index is 0.0396. The first-order valence-corrected chi connectivity index (χ1v) is 18.7. The molecule has 6 rings (SSSR count). The first-order chi connectivity index (χ1) is 27.8. The van der Waals surface area contributed by atoms with E-state index < -0.39 is 17.7 Å². The van der Waals surface area contributed by atoms with E-state index in [1.807, 2.05) is 26.0 Å². The monoisotopic (exact) mass is 795 g/mol. The van der Waals surface area contributed by atoms with E-state index in [9.17, 15) is 24.3 Å². The molecule has 4 heterocycles. The average Bonchev–Trinajstić information content (AvgIpc) is 3.95. The van der Waals surface area contributed by atoms with Crippen LogP contribution in [0.3, 0.4) is 0 Å². The Morgan fingerprint density at radius 1 is 0.810 bits per heavy atom. The van der Waals surface area contributed by atoms with Gasteiger partial charge < -0.3 is 38.3 Å². The molecule has 0 spiro atoms. The smallest absolute Gasteiger partial charge is 0.295 e. The molecule has 0 aliphatic carbocycles. The van der Waals surface area contributed by atoms with Crippen molar-refractivity contribution in [3.8, 4) is 11.5 Å². The second-order valence-electron chi connectivity index (χ2n) is 13.4. The van der Waals surface area contributed by atoms with E-state index in [2.05, 4.69) is 25.6 Å². The van der Waals surface area contributed by atoms with Crippen molar-refractivity contribution < 1.29 is 42.6 Å². The number of anilines is 2. The molecule has 0 unspecified atom stereocenters. The minimum atomic E-state index is -0.706. The molecule has 3 amide bonds. The third-order valence-corrected chi connectivity index (χ3v) is 9.07. The number of nitrogens with one attached hydrogen (secondary N) is 2. The molecule has 0 bridgehead atoms. The van der Waals surface area contributed by atoms with Crippen molar-refractivity contribution in [1.29, 1.82) is 0 Å². The number of rotatable bonds is 18. The van der Waals surface area contributed by atoms with E-state index in [4.69, 9.17) is 29.0 Å². The van der Waals surface area contributed by atoms with Crippen molar-refractivity contribution >= 4 is 57.5 Å². The van der Waals surface area contributed by atoms with Gasteiger partial charge in [0, 0.05) is 51.9 Å². The van der Waals surface area contributed by atoms with Gasteiger partial charge in [-0.05, 0) is 49.6 Å². The van der Waals surface area contributed by atoms with E-state index in [1.54, 1.807) is 35.1 Å². The molecule has 5 N–H and O–H groups in total. The molecule has 2 aromatic carbocycles. The number of amides is 3. The van der Waals surface area contributed by atoms with Crippen LogP contribution in [-0.2, 0) is 37.1 Å². The Bertz CT molecular complexity index is 2560. The zero-order chi connectivity index (χ0) is 41.7. The van der Waals surface area contributed by atoms with Crippen LogP contribution in [0, 0.1) is 13.8 Å². The maximum absolute atomic E-state index is 13.6. The van der Waals surface area contributed by atoms with Crippen LogP contribution in [0.15, 0.2) is 45.3 Å². The number of imidazole rings is 2. The summed E-state index contributed by atoms with van der Waals surface area (Å²) in [6.07, 6.45) is 5.05. The number of aryl methyl sites for hydroxylation is 4. The molecule has 18 heteroatoms. The topological polar surface area (TPSA) is 245 Å². The number of nitrogens with zero attached hydrogens (tertiary/aromatic N) is 6. The summed E-state index contributed by atoms with van der Waals surface area (Å²) in [5.74, 6) is -0.0595. The molecule has 0 saturated carbocycles. The first-order valence-electron chi connectivity index (χ1n) is 18.7. The SMILES string of the molecule is CCc1nc(C)oc1C(=O)Nc1nc2cc(CC(C)=O)cc(OC)c2n1C/C=C/Cn1c(NC(=O)c2oc(C)nc2CC)nc2cc(C(N)=O)cc(OCCCO)c21. The van der Waals surface area contributed by atoms with Gasteiger partial charge in [-0.1, -0.05) is 26.0 Å². The van der Waals surface area contributed by atoms with Crippen LogP contribution in [0.4, 0.5) is 11.9 Å². The van der Waals surface area contributed by atoms with Gasteiger partial charge >= 0.3 is 0 Å². The number of Topliss-reactive ketones (excluding diaryl/α,β-unsaturated/α-hetero) is 1. The Morgan fingerprint density at radius 2 is 1.34 bits per heavy atom. The molecule has 18 nitrogen and oxygen atoms in total. The Labute approximate surface area is 332 Å². The first kappa shape index (κ1) is 40.8. The van der Waals surface area contributed by atoms with Crippen LogP contribution in [0.5, 0.6) is 11.5 Å². The van der Waals surface area contributed by atoms with Crippen LogP contribution in [0.1, 0.15) is 87.4 Å². The quantitative estimate of drug-likeness (QED) is 0.0671. The third kappa shape index (κ3) is 8.61. The molecule has 0 atom stereocenters. The Kier molecular flexibility index (Phi) is 12.3. The highest BCUT2D eigenvalue weighted by Crippen LogP contribution is 2.33. The maximum atomic E-state index is 13.6. The minimum Gasteiger partial charge on any atom is -0.494 e. The van der Waals surface area contributed by atoms with E-state index in [-0.39, 0.29) is 73.2 Å². The van der Waals surface area contributed by atoms with Crippen molar-refractivity contribution in [3.05, 3.63) is 82.2 Å². The maximum Gasteiger partial charge on any atom is 0.295 e. The number of fused-ring (bicyclic) bond motifs is 2.